The van der Waals surface area contributed by atoms with Crippen LogP contribution in [0.15, 0.2) is 30.3 Å². The number of benzene rings is 1. The van der Waals surface area contributed by atoms with E-state index in [4.69, 9.17) is 0 Å². The van der Waals surface area contributed by atoms with Crippen molar-refractivity contribution in [2.24, 2.45) is 5.92 Å². The molecule has 92 valence electrons. The minimum atomic E-state index is 0.107. The lowest BCUT2D eigenvalue weighted by molar-refractivity contribution is -0.120. The number of para-hydroxylation sites is 1. The van der Waals surface area contributed by atoms with E-state index >= 15 is 0 Å². The van der Waals surface area contributed by atoms with Crippen molar-refractivity contribution in [2.45, 2.75) is 25.8 Å². The normalized spacial score (nSPS) is 16.4. The summed E-state index contributed by atoms with van der Waals surface area (Å²) in [6, 6.07) is 10.3. The van der Waals surface area contributed by atoms with Crippen molar-refractivity contribution in [3.8, 4) is 0 Å². The van der Waals surface area contributed by atoms with E-state index in [9.17, 15) is 4.79 Å². The first kappa shape index (κ1) is 12.0. The van der Waals surface area contributed by atoms with Crippen LogP contribution in [0.1, 0.15) is 19.8 Å². The highest BCUT2D eigenvalue weighted by Crippen LogP contribution is 2.32. The van der Waals surface area contributed by atoms with Gasteiger partial charge in [-0.05, 0) is 37.8 Å². The standard InChI is InChI=1S/C14H20N2O/c1-11(12-8-9-12)15-14(17)10-16(2)13-6-4-3-5-7-13/h3-7,11-12H,8-10H2,1-2H3,(H,15,17). The van der Waals surface area contributed by atoms with Crippen LogP contribution < -0.4 is 10.2 Å². The van der Waals surface area contributed by atoms with Crippen molar-refractivity contribution in [3.63, 3.8) is 0 Å². The van der Waals surface area contributed by atoms with Crippen LogP contribution in [0.25, 0.3) is 0 Å². The highest BCUT2D eigenvalue weighted by Gasteiger charge is 2.28. The average Bonchev–Trinajstić information content (AvgIpc) is 3.13. The molecule has 2 rings (SSSR count). The Morgan fingerprint density at radius 1 is 1.41 bits per heavy atom. The van der Waals surface area contributed by atoms with Crippen LogP contribution in [-0.4, -0.2) is 25.5 Å². The second kappa shape index (κ2) is 5.21. The number of rotatable bonds is 5. The van der Waals surface area contributed by atoms with Gasteiger partial charge in [-0.25, -0.2) is 0 Å². The molecule has 1 aliphatic carbocycles. The zero-order valence-electron chi connectivity index (χ0n) is 10.5. The van der Waals surface area contributed by atoms with E-state index in [1.54, 1.807) is 0 Å². The van der Waals surface area contributed by atoms with Gasteiger partial charge in [0.05, 0.1) is 6.54 Å². The van der Waals surface area contributed by atoms with E-state index < -0.39 is 0 Å². The van der Waals surface area contributed by atoms with Gasteiger partial charge in [0, 0.05) is 18.8 Å². The number of hydrogen-bond donors (Lipinski definition) is 1. The van der Waals surface area contributed by atoms with E-state index in [-0.39, 0.29) is 5.91 Å². The monoisotopic (exact) mass is 232 g/mol. The van der Waals surface area contributed by atoms with Crippen molar-refractivity contribution >= 4 is 11.6 Å². The summed E-state index contributed by atoms with van der Waals surface area (Å²) in [5.41, 5.74) is 1.07. The molecule has 0 radical (unpaired) electrons. The predicted octanol–water partition coefficient (Wildman–Crippen LogP) is 2.04. The Balaban J connectivity index is 1.81. The third-order valence-corrected chi connectivity index (χ3v) is 3.30. The lowest BCUT2D eigenvalue weighted by Gasteiger charge is -2.20. The predicted molar refractivity (Wildman–Crippen MR) is 70.0 cm³/mol. The number of nitrogens with one attached hydrogen (secondary N) is 1. The summed E-state index contributed by atoms with van der Waals surface area (Å²) >= 11 is 0. The largest absolute Gasteiger partial charge is 0.365 e. The van der Waals surface area contributed by atoms with Crippen LogP contribution in [0, 0.1) is 5.92 Å². The molecule has 1 N–H and O–H groups in total. The van der Waals surface area contributed by atoms with Crippen LogP contribution in [0.3, 0.4) is 0 Å². The third kappa shape index (κ3) is 3.48. The van der Waals surface area contributed by atoms with E-state index in [0.717, 1.165) is 5.69 Å². The maximum absolute atomic E-state index is 11.8. The molecule has 0 spiro atoms. The molecular formula is C14H20N2O. The molecule has 1 saturated carbocycles. The van der Waals surface area contributed by atoms with E-state index in [1.165, 1.54) is 12.8 Å². The summed E-state index contributed by atoms with van der Waals surface area (Å²) < 4.78 is 0. The van der Waals surface area contributed by atoms with Gasteiger partial charge in [0.1, 0.15) is 0 Å². The summed E-state index contributed by atoms with van der Waals surface area (Å²) in [6.07, 6.45) is 2.52. The molecule has 0 bridgehead atoms. The topological polar surface area (TPSA) is 32.3 Å². The Bertz CT molecular complexity index is 373. The maximum Gasteiger partial charge on any atom is 0.239 e. The quantitative estimate of drug-likeness (QED) is 0.842. The number of carbonyl (C=O) groups excluding carboxylic acids is 1. The van der Waals surface area contributed by atoms with Crippen LogP contribution >= 0.6 is 0 Å². The SMILES string of the molecule is CC(NC(=O)CN(C)c1ccccc1)C1CC1. The Labute approximate surface area is 103 Å². The van der Waals surface area contributed by atoms with Crippen LogP contribution in [-0.2, 0) is 4.79 Å². The summed E-state index contributed by atoms with van der Waals surface area (Å²) in [4.78, 5) is 13.8. The van der Waals surface area contributed by atoms with Gasteiger partial charge in [0.15, 0.2) is 0 Å². The van der Waals surface area contributed by atoms with Gasteiger partial charge >= 0.3 is 0 Å². The van der Waals surface area contributed by atoms with Gasteiger partial charge in [-0.15, -0.1) is 0 Å². The van der Waals surface area contributed by atoms with Gasteiger partial charge in [0.25, 0.3) is 0 Å². The molecule has 0 aliphatic heterocycles. The Morgan fingerprint density at radius 3 is 2.65 bits per heavy atom. The first-order valence-corrected chi connectivity index (χ1v) is 6.22. The molecule has 1 unspecified atom stereocenters. The highest BCUT2D eigenvalue weighted by molar-refractivity contribution is 5.81. The van der Waals surface area contributed by atoms with Crippen molar-refractivity contribution in [1.82, 2.24) is 5.32 Å². The molecule has 1 fully saturated rings. The fourth-order valence-corrected chi connectivity index (χ4v) is 2.00. The minimum absolute atomic E-state index is 0.107. The number of anilines is 1. The van der Waals surface area contributed by atoms with E-state index in [2.05, 4.69) is 12.2 Å². The van der Waals surface area contributed by atoms with Crippen molar-refractivity contribution < 1.29 is 4.79 Å². The van der Waals surface area contributed by atoms with Gasteiger partial charge in [-0.3, -0.25) is 4.79 Å². The number of nitrogens with zero attached hydrogens (tertiary/aromatic N) is 1. The van der Waals surface area contributed by atoms with Gasteiger partial charge in [0.2, 0.25) is 5.91 Å². The summed E-state index contributed by atoms with van der Waals surface area (Å²) in [5.74, 6) is 0.816. The zero-order chi connectivity index (χ0) is 12.3. The van der Waals surface area contributed by atoms with Gasteiger partial charge in [-0.2, -0.15) is 0 Å². The second-order valence-corrected chi connectivity index (χ2v) is 4.89. The number of carbonyl (C=O) groups is 1. The highest BCUT2D eigenvalue weighted by atomic mass is 16.2. The Hall–Kier alpha value is -1.51. The summed E-state index contributed by atoms with van der Waals surface area (Å²) in [5, 5.41) is 3.06. The number of likely N-dealkylation sites (N-methyl/N-ethyl adjacent to an activating group) is 1. The van der Waals surface area contributed by atoms with E-state index in [0.29, 0.717) is 18.5 Å². The molecule has 1 amide bonds. The average molecular weight is 232 g/mol. The first-order chi connectivity index (χ1) is 8.16. The zero-order valence-corrected chi connectivity index (χ0v) is 10.5. The minimum Gasteiger partial charge on any atom is -0.365 e. The number of amides is 1. The third-order valence-electron chi connectivity index (χ3n) is 3.30. The molecule has 3 heteroatoms. The molecule has 1 aliphatic rings. The van der Waals surface area contributed by atoms with Crippen molar-refractivity contribution in [3.05, 3.63) is 30.3 Å². The molecule has 0 saturated heterocycles. The van der Waals surface area contributed by atoms with Crippen LogP contribution in [0.5, 0.6) is 0 Å². The van der Waals surface area contributed by atoms with Gasteiger partial charge in [-0.1, -0.05) is 18.2 Å². The fraction of sp³-hybridized carbons (Fsp3) is 0.500. The maximum atomic E-state index is 11.8. The summed E-state index contributed by atoms with van der Waals surface area (Å²) in [7, 11) is 1.94. The fourth-order valence-electron chi connectivity index (χ4n) is 2.00. The Kier molecular flexibility index (Phi) is 3.67. The molecule has 1 aromatic carbocycles. The second-order valence-electron chi connectivity index (χ2n) is 4.89. The lowest BCUT2D eigenvalue weighted by Crippen LogP contribution is -2.40. The lowest BCUT2D eigenvalue weighted by atomic mass is 10.2. The molecule has 3 nitrogen and oxygen atoms in total. The molecule has 0 aromatic heterocycles. The van der Waals surface area contributed by atoms with Crippen LogP contribution in [0.2, 0.25) is 0 Å². The molecule has 1 aromatic rings. The van der Waals surface area contributed by atoms with E-state index in [1.807, 2.05) is 42.3 Å². The number of hydrogen-bond acceptors (Lipinski definition) is 2. The summed E-state index contributed by atoms with van der Waals surface area (Å²) in [6.45, 7) is 2.51. The Morgan fingerprint density at radius 2 is 2.06 bits per heavy atom. The first-order valence-electron chi connectivity index (χ1n) is 6.22. The van der Waals surface area contributed by atoms with Gasteiger partial charge < -0.3 is 10.2 Å². The molecule has 17 heavy (non-hydrogen) atoms. The van der Waals surface area contributed by atoms with Crippen molar-refractivity contribution in [1.29, 1.82) is 0 Å². The van der Waals surface area contributed by atoms with Crippen molar-refractivity contribution in [2.75, 3.05) is 18.5 Å². The molecule has 1 atom stereocenters. The smallest absolute Gasteiger partial charge is 0.239 e. The molecule has 0 heterocycles. The van der Waals surface area contributed by atoms with Crippen LogP contribution in [0.4, 0.5) is 5.69 Å². The molecular weight excluding hydrogens is 212 g/mol.